The minimum Gasteiger partial charge on any atom is -0.476 e. The summed E-state index contributed by atoms with van der Waals surface area (Å²) in [4.78, 5) is 88.7. The Morgan fingerprint density at radius 2 is 1.41 bits per heavy atom. The van der Waals surface area contributed by atoms with Crippen LogP contribution in [0.1, 0.15) is 103 Å². The van der Waals surface area contributed by atoms with E-state index in [1.807, 2.05) is 66.4 Å². The van der Waals surface area contributed by atoms with Gasteiger partial charge in [-0.15, -0.1) is 0 Å². The van der Waals surface area contributed by atoms with E-state index in [1.54, 1.807) is 18.1 Å². The van der Waals surface area contributed by atoms with Crippen molar-refractivity contribution in [1.29, 1.82) is 0 Å². The number of likely N-dealkylation sites (N-methyl/N-ethyl adjacent to an activating group) is 1. The highest BCUT2D eigenvalue weighted by atomic mass is 32.1. The number of imide groups is 1. The highest BCUT2D eigenvalue weighted by Gasteiger charge is 2.84. The molecule has 5 amide bonds. The Kier molecular flexibility index (Phi) is 19.9. The first-order valence-corrected chi connectivity index (χ1v) is 32.2. The monoisotopic (exact) mass is 1260 g/mol. The topological polar surface area (TPSA) is 265 Å². The van der Waals surface area contributed by atoms with Crippen LogP contribution in [0, 0.1) is 28.6 Å². The summed E-state index contributed by atoms with van der Waals surface area (Å²) in [6.07, 6.45) is 11.5. The normalized spacial score (nSPS) is 23.6. The number of aromatic carboxylic acids is 1. The van der Waals surface area contributed by atoms with E-state index in [4.69, 9.17) is 43.2 Å². The molecule has 2 aliphatic heterocycles. The lowest BCUT2D eigenvalue weighted by atomic mass is 9.40. The molecule has 24 heteroatoms. The Morgan fingerprint density at radius 1 is 0.722 bits per heavy atom. The molecule has 0 radical (unpaired) electrons. The molecule has 2 aromatic carbocycles. The summed E-state index contributed by atoms with van der Waals surface area (Å²) in [6.45, 7) is 14.4. The molecule has 5 atom stereocenters. The second kappa shape index (κ2) is 27.8. The van der Waals surface area contributed by atoms with Crippen molar-refractivity contribution in [3.63, 3.8) is 0 Å². The predicted molar refractivity (Wildman–Crippen MR) is 334 cm³/mol. The number of benzene rings is 2. The average Bonchev–Trinajstić information content (AvgIpc) is 1.46. The number of anilines is 2. The van der Waals surface area contributed by atoms with Crippen molar-refractivity contribution in [3.05, 3.63) is 101 Å². The number of nitrogens with one attached hydrogen (secondary N) is 2. The van der Waals surface area contributed by atoms with Crippen LogP contribution in [0.5, 0.6) is 0 Å². The van der Waals surface area contributed by atoms with Gasteiger partial charge in [0.15, 0.2) is 10.8 Å². The van der Waals surface area contributed by atoms with E-state index in [1.165, 1.54) is 29.9 Å². The Hall–Kier alpha value is -7.03. The first-order chi connectivity index (χ1) is 43.4. The number of fused-ring (bicyclic) bond motifs is 4. The van der Waals surface area contributed by atoms with Crippen LogP contribution in [0.4, 0.5) is 10.9 Å². The van der Waals surface area contributed by atoms with Gasteiger partial charge in [-0.25, -0.2) is 14.8 Å². The van der Waals surface area contributed by atoms with Crippen LogP contribution in [0.3, 0.4) is 0 Å². The summed E-state index contributed by atoms with van der Waals surface area (Å²) >= 11 is 1.43. The molecule has 4 fully saturated rings. The number of pyridine rings is 1. The number of nitrogens with zero attached hydrogens (tertiary/aromatic N) is 7. The number of amides is 5. The van der Waals surface area contributed by atoms with E-state index in [0.29, 0.717) is 134 Å². The number of hydrogen-bond donors (Lipinski definition) is 3. The molecule has 11 rings (SSSR count). The summed E-state index contributed by atoms with van der Waals surface area (Å²) in [5, 5.41) is 21.9. The number of rotatable bonds is 35. The largest absolute Gasteiger partial charge is 0.476 e. The highest BCUT2D eigenvalue weighted by molar-refractivity contribution is 7.22. The molecule has 4 aliphatic carbocycles. The molecule has 3 bridgehead atoms. The fraction of sp³-hybridized carbons (Fsp3) is 0.561. The fourth-order valence-electron chi connectivity index (χ4n) is 15.9. The van der Waals surface area contributed by atoms with Gasteiger partial charge in [0.25, 0.3) is 17.7 Å². The van der Waals surface area contributed by atoms with Gasteiger partial charge < -0.3 is 53.4 Å². The first kappa shape index (κ1) is 64.5. The van der Waals surface area contributed by atoms with E-state index >= 15 is 0 Å². The Labute approximate surface area is 528 Å². The number of ether oxygens (including phenoxy) is 7. The number of carboxylic acids is 1. The van der Waals surface area contributed by atoms with Crippen molar-refractivity contribution in [2.45, 2.75) is 97.2 Å². The number of aromatic nitrogens is 4. The van der Waals surface area contributed by atoms with Crippen LogP contribution in [-0.2, 0) is 71.8 Å². The van der Waals surface area contributed by atoms with Crippen molar-refractivity contribution >= 4 is 68.0 Å². The summed E-state index contributed by atoms with van der Waals surface area (Å²) in [7, 11) is 1.75. The minimum atomic E-state index is -1.12. The van der Waals surface area contributed by atoms with Gasteiger partial charge in [0, 0.05) is 87.3 Å². The molecule has 5 heterocycles. The van der Waals surface area contributed by atoms with Gasteiger partial charge in [0.2, 0.25) is 11.8 Å². The first-order valence-electron chi connectivity index (χ1n) is 31.4. The maximum Gasteiger partial charge on any atom is 0.355 e. The van der Waals surface area contributed by atoms with Crippen molar-refractivity contribution < 1.29 is 67.0 Å². The van der Waals surface area contributed by atoms with E-state index in [2.05, 4.69) is 34.1 Å². The SMILES string of the molecule is Cc1c(-c2ccc(N3CCc4cccc(C(=O)Nc5nc6ccccc6s5)c4C3)nc2C(=O)O)cnn1CC12CC3(OCCOCCOCCN(C)C(=O)CCOCCOCCOCCOCCNC(=O)CCN4C(=O)C=CC4=O)CC4(C)CC(C)(C1)[C@@]4(C2)C3. The number of thiazole rings is 1. The summed E-state index contributed by atoms with van der Waals surface area (Å²) in [5.74, 6) is -1.95. The number of carbonyl (C=O) groups excluding carboxylic acids is 5. The Balaban J connectivity index is 0.566. The third-order valence-corrected chi connectivity index (χ3v) is 20.4. The van der Waals surface area contributed by atoms with Crippen LogP contribution in [0.2, 0.25) is 0 Å². The van der Waals surface area contributed by atoms with Crippen LogP contribution >= 0.6 is 11.3 Å². The predicted octanol–water partition coefficient (Wildman–Crippen LogP) is 6.89. The molecule has 4 unspecified atom stereocenters. The van der Waals surface area contributed by atoms with Gasteiger partial charge in [0.05, 0.1) is 114 Å². The molecular formula is C66H83N9O14S. The molecule has 5 aromatic rings. The summed E-state index contributed by atoms with van der Waals surface area (Å²) < 4.78 is 44.0. The number of carboxylic acid groups (broad SMARTS) is 1. The summed E-state index contributed by atoms with van der Waals surface area (Å²) in [6, 6.07) is 17.3. The minimum absolute atomic E-state index is 0.0306. The zero-order valence-electron chi connectivity index (χ0n) is 52.0. The molecule has 90 heavy (non-hydrogen) atoms. The zero-order chi connectivity index (χ0) is 63.1. The molecule has 4 saturated carbocycles. The third kappa shape index (κ3) is 13.9. The lowest BCUT2D eigenvalue weighted by Crippen LogP contribution is -2.57. The smallest absolute Gasteiger partial charge is 0.355 e. The van der Waals surface area contributed by atoms with E-state index < -0.39 is 17.8 Å². The second-order valence-electron chi connectivity index (χ2n) is 25.5. The fourth-order valence-corrected chi connectivity index (χ4v) is 16.7. The standard InChI is InChI=1S/C66H83N9O14S/c1-45-49(47-12-13-53(70-58(47)60(81)82)73-20-16-46-8-7-9-48(50(46)37-73)59(80)71-61-69-51-10-5-6-11-52(51)90-61)36-68-75(45)44-64-39-62(2)38-63(3)40-65(41-64,43-66(62,63)42-64)89-35-34-88-31-28-85-25-22-72(4)55(77)18-23-83-26-29-86-32-33-87-30-27-84-24-19-67-54(76)17-21-74-56(78)14-15-57(74)79/h5-15,36H,16-35,37-44H2,1-4H3,(H,67,76)(H,81,82)(H,69,71,80)/t62?,63?,64?,65?,66-/m1/s1. The van der Waals surface area contributed by atoms with Crippen LogP contribution in [0.15, 0.2) is 72.9 Å². The van der Waals surface area contributed by atoms with E-state index in [-0.39, 0.29) is 76.7 Å². The molecule has 3 N–H and O–H groups in total. The van der Waals surface area contributed by atoms with Gasteiger partial charge >= 0.3 is 5.97 Å². The maximum atomic E-state index is 13.8. The molecule has 0 saturated heterocycles. The van der Waals surface area contributed by atoms with E-state index in [0.717, 1.165) is 76.1 Å². The lowest BCUT2D eigenvalue weighted by molar-refractivity contribution is -0.159. The van der Waals surface area contributed by atoms with Gasteiger partial charge in [-0.1, -0.05) is 49.4 Å². The highest BCUT2D eigenvalue weighted by Crippen LogP contribution is 2.89. The summed E-state index contributed by atoms with van der Waals surface area (Å²) in [5.41, 5.74) is 5.77. The second-order valence-corrected chi connectivity index (χ2v) is 26.6. The van der Waals surface area contributed by atoms with E-state index in [9.17, 15) is 33.9 Å². The number of carbonyl (C=O) groups is 6. The van der Waals surface area contributed by atoms with Crippen LogP contribution in [-0.4, -0.2) is 195 Å². The number of para-hydroxylation sites is 1. The lowest BCUT2D eigenvalue weighted by Gasteiger charge is -2.64. The number of hydrogen-bond acceptors (Lipinski definition) is 18. The van der Waals surface area contributed by atoms with Crippen molar-refractivity contribution in [1.82, 2.24) is 34.9 Å². The molecule has 6 aliphatic rings. The van der Waals surface area contributed by atoms with Crippen molar-refractivity contribution in [2.75, 3.05) is 129 Å². The van der Waals surface area contributed by atoms with Crippen molar-refractivity contribution in [2.24, 2.45) is 21.7 Å². The zero-order valence-corrected chi connectivity index (χ0v) is 52.8. The maximum absolute atomic E-state index is 13.8. The molecule has 3 aromatic heterocycles. The van der Waals surface area contributed by atoms with Gasteiger partial charge in [0.1, 0.15) is 5.82 Å². The average molecular weight is 1260 g/mol. The van der Waals surface area contributed by atoms with Gasteiger partial charge in [-0.3, -0.25) is 38.9 Å². The Morgan fingerprint density at radius 3 is 2.14 bits per heavy atom. The Bertz CT molecular complexity index is 3450. The quantitative estimate of drug-likeness (QED) is 0.0275. The van der Waals surface area contributed by atoms with Crippen LogP contribution < -0.4 is 15.5 Å². The van der Waals surface area contributed by atoms with Crippen molar-refractivity contribution in [3.8, 4) is 11.1 Å². The van der Waals surface area contributed by atoms with Gasteiger partial charge in [-0.05, 0) is 115 Å². The third-order valence-electron chi connectivity index (χ3n) is 19.5. The molecular weight excluding hydrogens is 1170 g/mol. The van der Waals surface area contributed by atoms with Crippen LogP contribution in [0.25, 0.3) is 21.3 Å². The molecule has 23 nitrogen and oxygen atoms in total. The molecule has 1 spiro atoms. The molecule has 482 valence electrons. The van der Waals surface area contributed by atoms with Gasteiger partial charge in [-0.2, -0.15) is 5.10 Å².